The van der Waals surface area contributed by atoms with Crippen LogP contribution in [0, 0.1) is 5.92 Å². The van der Waals surface area contributed by atoms with E-state index in [0.717, 1.165) is 22.9 Å². The van der Waals surface area contributed by atoms with E-state index in [2.05, 4.69) is 15.9 Å². The van der Waals surface area contributed by atoms with Crippen molar-refractivity contribution < 1.29 is 9.90 Å². The van der Waals surface area contributed by atoms with Crippen LogP contribution in [0.25, 0.3) is 0 Å². The van der Waals surface area contributed by atoms with E-state index in [0.29, 0.717) is 5.92 Å². The molecule has 0 aromatic heterocycles. The highest BCUT2D eigenvalue weighted by molar-refractivity contribution is 9.10. The molecule has 1 fully saturated rings. The Morgan fingerprint density at radius 1 is 1.36 bits per heavy atom. The van der Waals surface area contributed by atoms with Gasteiger partial charge in [-0.3, -0.25) is 4.79 Å². The zero-order chi connectivity index (χ0) is 10.1. The molecule has 2 nitrogen and oxygen atoms in total. The average Bonchev–Trinajstić information content (AvgIpc) is 2.92. The Hall–Kier alpha value is -0.830. The lowest BCUT2D eigenvalue weighted by Crippen LogP contribution is -2.13. The van der Waals surface area contributed by atoms with Crippen LogP contribution in [-0.4, -0.2) is 11.1 Å². The summed E-state index contributed by atoms with van der Waals surface area (Å²) in [6.07, 6.45) is 2.10. The van der Waals surface area contributed by atoms with Gasteiger partial charge in [0.25, 0.3) is 0 Å². The van der Waals surface area contributed by atoms with Gasteiger partial charge in [-0.25, -0.2) is 0 Å². The van der Waals surface area contributed by atoms with Crippen molar-refractivity contribution in [2.24, 2.45) is 5.92 Å². The molecule has 0 unspecified atom stereocenters. The first kappa shape index (κ1) is 9.71. The first-order valence-corrected chi connectivity index (χ1v) is 5.46. The fraction of sp³-hybridized carbons (Fsp3) is 0.364. The van der Waals surface area contributed by atoms with E-state index in [9.17, 15) is 4.79 Å². The van der Waals surface area contributed by atoms with Crippen molar-refractivity contribution in [2.75, 3.05) is 0 Å². The van der Waals surface area contributed by atoms with Gasteiger partial charge in [-0.05, 0) is 36.5 Å². The van der Waals surface area contributed by atoms with Gasteiger partial charge in [0.2, 0.25) is 0 Å². The molecule has 1 aromatic carbocycles. The van der Waals surface area contributed by atoms with Gasteiger partial charge < -0.3 is 5.11 Å². The number of carboxylic acids is 1. The second-order valence-electron chi connectivity index (χ2n) is 3.70. The molecule has 1 aliphatic carbocycles. The Kier molecular flexibility index (Phi) is 2.59. The predicted molar refractivity (Wildman–Crippen MR) is 57.2 cm³/mol. The predicted octanol–water partition coefficient (Wildman–Crippen LogP) is 3.03. The molecule has 1 aliphatic rings. The SMILES string of the molecule is O=C(O)[C@H](c1ccc(Br)cc1)C1CC1. The molecule has 0 aliphatic heterocycles. The molecule has 1 saturated carbocycles. The number of aliphatic carboxylic acids is 1. The van der Waals surface area contributed by atoms with Gasteiger partial charge in [-0.15, -0.1) is 0 Å². The minimum atomic E-state index is -0.699. The van der Waals surface area contributed by atoms with Crippen molar-refractivity contribution in [3.8, 4) is 0 Å². The molecule has 0 spiro atoms. The maximum absolute atomic E-state index is 11.1. The summed E-state index contributed by atoms with van der Waals surface area (Å²) in [6, 6.07) is 7.57. The Labute approximate surface area is 91.1 Å². The van der Waals surface area contributed by atoms with Crippen molar-refractivity contribution >= 4 is 21.9 Å². The first-order chi connectivity index (χ1) is 6.68. The molecule has 3 heteroatoms. The number of hydrogen-bond acceptors (Lipinski definition) is 1. The number of rotatable bonds is 3. The van der Waals surface area contributed by atoms with E-state index in [1.165, 1.54) is 0 Å². The molecule has 0 heterocycles. The number of hydrogen-bond donors (Lipinski definition) is 1. The summed E-state index contributed by atoms with van der Waals surface area (Å²) in [4.78, 5) is 11.1. The summed E-state index contributed by atoms with van der Waals surface area (Å²) in [5, 5.41) is 9.09. The van der Waals surface area contributed by atoms with Crippen LogP contribution in [0.1, 0.15) is 24.3 Å². The molecular weight excluding hydrogens is 244 g/mol. The van der Waals surface area contributed by atoms with Gasteiger partial charge in [0.15, 0.2) is 0 Å². The standard InChI is InChI=1S/C11H11BrO2/c12-9-5-3-8(4-6-9)10(11(13)14)7-1-2-7/h3-7,10H,1-2H2,(H,13,14)/t10-/m0/s1. The summed E-state index contributed by atoms with van der Waals surface area (Å²) in [7, 11) is 0. The molecule has 0 bridgehead atoms. The first-order valence-electron chi connectivity index (χ1n) is 4.67. The minimum absolute atomic E-state index is 0.303. The van der Waals surface area contributed by atoms with E-state index in [1.807, 2.05) is 24.3 Å². The van der Waals surface area contributed by atoms with Gasteiger partial charge in [-0.2, -0.15) is 0 Å². The van der Waals surface area contributed by atoms with Crippen molar-refractivity contribution in [2.45, 2.75) is 18.8 Å². The zero-order valence-electron chi connectivity index (χ0n) is 7.61. The van der Waals surface area contributed by atoms with Crippen molar-refractivity contribution in [3.63, 3.8) is 0 Å². The third-order valence-electron chi connectivity index (χ3n) is 2.59. The fourth-order valence-corrected chi connectivity index (χ4v) is 1.98. The Morgan fingerprint density at radius 2 is 1.93 bits per heavy atom. The normalized spacial score (nSPS) is 17.8. The maximum atomic E-state index is 11.1. The van der Waals surface area contributed by atoms with Crippen molar-refractivity contribution in [3.05, 3.63) is 34.3 Å². The molecule has 0 amide bonds. The molecular formula is C11H11BrO2. The number of halogens is 1. The third kappa shape index (κ3) is 1.98. The number of carbonyl (C=O) groups is 1. The van der Waals surface area contributed by atoms with Crippen LogP contribution in [0.5, 0.6) is 0 Å². The van der Waals surface area contributed by atoms with E-state index in [4.69, 9.17) is 5.11 Å². The molecule has 14 heavy (non-hydrogen) atoms. The monoisotopic (exact) mass is 254 g/mol. The number of benzene rings is 1. The molecule has 1 atom stereocenters. The molecule has 74 valence electrons. The average molecular weight is 255 g/mol. The second kappa shape index (κ2) is 3.73. The molecule has 0 saturated heterocycles. The van der Waals surface area contributed by atoms with E-state index >= 15 is 0 Å². The van der Waals surface area contributed by atoms with Gasteiger partial charge >= 0.3 is 5.97 Å². The number of carboxylic acid groups (broad SMARTS) is 1. The smallest absolute Gasteiger partial charge is 0.311 e. The van der Waals surface area contributed by atoms with Crippen LogP contribution in [0.15, 0.2) is 28.7 Å². The highest BCUT2D eigenvalue weighted by Crippen LogP contribution is 2.42. The lowest BCUT2D eigenvalue weighted by atomic mass is 9.94. The van der Waals surface area contributed by atoms with Crippen LogP contribution in [0.4, 0.5) is 0 Å². The maximum Gasteiger partial charge on any atom is 0.311 e. The molecule has 1 N–H and O–H groups in total. The zero-order valence-corrected chi connectivity index (χ0v) is 9.20. The van der Waals surface area contributed by atoms with Crippen LogP contribution >= 0.6 is 15.9 Å². The minimum Gasteiger partial charge on any atom is -0.481 e. The summed E-state index contributed by atoms with van der Waals surface area (Å²) >= 11 is 3.34. The van der Waals surface area contributed by atoms with Crippen LogP contribution in [-0.2, 0) is 4.79 Å². The van der Waals surface area contributed by atoms with Crippen molar-refractivity contribution in [1.29, 1.82) is 0 Å². The molecule has 2 rings (SSSR count). The van der Waals surface area contributed by atoms with Crippen LogP contribution in [0.2, 0.25) is 0 Å². The summed E-state index contributed by atoms with van der Waals surface area (Å²) in [5.41, 5.74) is 0.920. The van der Waals surface area contributed by atoms with E-state index < -0.39 is 5.97 Å². The Balaban J connectivity index is 2.26. The molecule has 0 radical (unpaired) electrons. The second-order valence-corrected chi connectivity index (χ2v) is 4.62. The Morgan fingerprint density at radius 3 is 2.36 bits per heavy atom. The van der Waals surface area contributed by atoms with Gasteiger partial charge in [0.05, 0.1) is 5.92 Å². The van der Waals surface area contributed by atoms with Crippen LogP contribution < -0.4 is 0 Å². The van der Waals surface area contributed by atoms with Crippen molar-refractivity contribution in [1.82, 2.24) is 0 Å². The molecule has 1 aromatic rings. The summed E-state index contributed by atoms with van der Waals surface area (Å²) in [6.45, 7) is 0. The lowest BCUT2D eigenvalue weighted by Gasteiger charge is -2.11. The van der Waals surface area contributed by atoms with E-state index in [1.54, 1.807) is 0 Å². The topological polar surface area (TPSA) is 37.3 Å². The van der Waals surface area contributed by atoms with E-state index in [-0.39, 0.29) is 5.92 Å². The van der Waals surface area contributed by atoms with Gasteiger partial charge in [0, 0.05) is 4.47 Å². The van der Waals surface area contributed by atoms with Gasteiger partial charge in [-0.1, -0.05) is 28.1 Å². The Bertz CT molecular complexity index is 341. The quantitative estimate of drug-likeness (QED) is 0.901. The third-order valence-corrected chi connectivity index (χ3v) is 3.12. The summed E-state index contributed by atoms with van der Waals surface area (Å²) in [5.74, 6) is -0.647. The highest BCUT2D eigenvalue weighted by atomic mass is 79.9. The fourth-order valence-electron chi connectivity index (χ4n) is 1.72. The highest BCUT2D eigenvalue weighted by Gasteiger charge is 2.37. The lowest BCUT2D eigenvalue weighted by molar-refractivity contribution is -0.139. The summed E-state index contributed by atoms with van der Waals surface area (Å²) < 4.78 is 0.987. The van der Waals surface area contributed by atoms with Crippen LogP contribution in [0.3, 0.4) is 0 Å². The van der Waals surface area contributed by atoms with Gasteiger partial charge in [0.1, 0.15) is 0 Å². The largest absolute Gasteiger partial charge is 0.481 e.